The number of rotatable bonds is 7. The Bertz CT molecular complexity index is 538. The summed E-state index contributed by atoms with van der Waals surface area (Å²) in [5.74, 6) is 1.75. The Morgan fingerprint density at radius 3 is 1.90 bits per heavy atom. The molecule has 0 aliphatic heterocycles. The van der Waals surface area contributed by atoms with Crippen molar-refractivity contribution in [3.05, 3.63) is 59.7 Å². The zero-order valence-electron chi connectivity index (χ0n) is 12.7. The highest BCUT2D eigenvalue weighted by Gasteiger charge is 2.04. The molecule has 2 aromatic carbocycles. The van der Waals surface area contributed by atoms with E-state index < -0.39 is 0 Å². The molecule has 0 aromatic heterocycles. The van der Waals surface area contributed by atoms with Crippen molar-refractivity contribution in [1.29, 1.82) is 0 Å². The smallest absolute Gasteiger partial charge is 0.118 e. The lowest BCUT2D eigenvalue weighted by molar-refractivity contribution is 0.413. The van der Waals surface area contributed by atoms with Crippen molar-refractivity contribution in [2.45, 2.75) is 19.5 Å². The van der Waals surface area contributed by atoms with Gasteiger partial charge < -0.3 is 9.47 Å². The number of hydrogen-bond acceptors (Lipinski definition) is 4. The van der Waals surface area contributed by atoms with Gasteiger partial charge in [-0.2, -0.15) is 0 Å². The molecule has 2 rings (SSSR count). The van der Waals surface area contributed by atoms with E-state index in [1.807, 2.05) is 36.4 Å². The molecule has 0 saturated carbocycles. The fourth-order valence-corrected chi connectivity index (χ4v) is 2.03. The summed E-state index contributed by atoms with van der Waals surface area (Å²) in [4.78, 5) is 0. The molecule has 0 radical (unpaired) electrons. The molecule has 1 unspecified atom stereocenters. The van der Waals surface area contributed by atoms with Gasteiger partial charge in [0.15, 0.2) is 0 Å². The predicted octanol–water partition coefficient (Wildman–Crippen LogP) is 3.06. The molecule has 0 amide bonds. The summed E-state index contributed by atoms with van der Waals surface area (Å²) in [7, 11) is 3.35. The molecule has 0 fully saturated rings. The molecule has 2 N–H and O–H groups in total. The van der Waals surface area contributed by atoms with Gasteiger partial charge in [0.2, 0.25) is 0 Å². The van der Waals surface area contributed by atoms with E-state index in [0.717, 1.165) is 18.0 Å². The SMILES string of the molecule is COc1ccc(CNNC(C)c2ccc(OC)cc2)cc1. The van der Waals surface area contributed by atoms with Crippen molar-refractivity contribution in [2.75, 3.05) is 14.2 Å². The fraction of sp³-hybridized carbons (Fsp3) is 0.294. The number of methoxy groups -OCH3 is 2. The van der Waals surface area contributed by atoms with Crippen LogP contribution in [0.3, 0.4) is 0 Å². The Hall–Kier alpha value is -2.04. The normalized spacial score (nSPS) is 12.0. The van der Waals surface area contributed by atoms with Crippen LogP contribution in [0.25, 0.3) is 0 Å². The van der Waals surface area contributed by atoms with Crippen LogP contribution >= 0.6 is 0 Å². The summed E-state index contributed by atoms with van der Waals surface area (Å²) >= 11 is 0. The van der Waals surface area contributed by atoms with Gasteiger partial charge in [0.05, 0.1) is 14.2 Å². The van der Waals surface area contributed by atoms with E-state index >= 15 is 0 Å². The van der Waals surface area contributed by atoms with Gasteiger partial charge in [-0.3, -0.25) is 10.9 Å². The third kappa shape index (κ3) is 4.48. The van der Waals surface area contributed by atoms with Crippen LogP contribution in [0.4, 0.5) is 0 Å². The molecule has 1 atom stereocenters. The lowest BCUT2D eigenvalue weighted by atomic mass is 10.1. The zero-order chi connectivity index (χ0) is 15.1. The van der Waals surface area contributed by atoms with Crippen molar-refractivity contribution in [1.82, 2.24) is 10.9 Å². The first-order chi connectivity index (χ1) is 10.2. The summed E-state index contributed by atoms with van der Waals surface area (Å²) in [5, 5.41) is 0. The van der Waals surface area contributed by atoms with Crippen LogP contribution in [-0.2, 0) is 6.54 Å². The molecule has 0 aliphatic carbocycles. The maximum absolute atomic E-state index is 5.16. The van der Waals surface area contributed by atoms with Gasteiger partial charge in [-0.1, -0.05) is 24.3 Å². The summed E-state index contributed by atoms with van der Waals surface area (Å²) in [5.41, 5.74) is 8.94. The molecule has 4 nitrogen and oxygen atoms in total. The van der Waals surface area contributed by atoms with E-state index in [4.69, 9.17) is 9.47 Å². The Balaban J connectivity index is 1.81. The molecule has 4 heteroatoms. The molecule has 0 spiro atoms. The minimum atomic E-state index is 0.217. The molecular formula is C17H22N2O2. The van der Waals surface area contributed by atoms with E-state index in [1.54, 1.807) is 14.2 Å². The van der Waals surface area contributed by atoms with Gasteiger partial charge >= 0.3 is 0 Å². The molecule has 2 aromatic rings. The first kappa shape index (κ1) is 15.4. The van der Waals surface area contributed by atoms with Crippen LogP contribution in [0.15, 0.2) is 48.5 Å². The van der Waals surface area contributed by atoms with Crippen molar-refractivity contribution in [3.63, 3.8) is 0 Å². The highest BCUT2D eigenvalue weighted by Crippen LogP contribution is 2.16. The topological polar surface area (TPSA) is 42.5 Å². The number of benzene rings is 2. The number of nitrogens with one attached hydrogen (secondary N) is 2. The number of ether oxygens (including phenoxy) is 2. The summed E-state index contributed by atoms with van der Waals surface area (Å²) in [6.07, 6.45) is 0. The van der Waals surface area contributed by atoms with E-state index in [2.05, 4.69) is 29.9 Å². The van der Waals surface area contributed by atoms with Crippen LogP contribution in [0.1, 0.15) is 24.1 Å². The van der Waals surface area contributed by atoms with Crippen LogP contribution < -0.4 is 20.3 Å². The Morgan fingerprint density at radius 2 is 1.38 bits per heavy atom. The van der Waals surface area contributed by atoms with Gasteiger partial charge in [-0.25, -0.2) is 0 Å². The minimum Gasteiger partial charge on any atom is -0.497 e. The van der Waals surface area contributed by atoms with Gasteiger partial charge in [0.25, 0.3) is 0 Å². The van der Waals surface area contributed by atoms with E-state index in [-0.39, 0.29) is 6.04 Å². The highest BCUT2D eigenvalue weighted by atomic mass is 16.5. The average molecular weight is 286 g/mol. The first-order valence-corrected chi connectivity index (χ1v) is 6.98. The van der Waals surface area contributed by atoms with Gasteiger partial charge in [-0.15, -0.1) is 0 Å². The second-order valence-corrected chi connectivity index (χ2v) is 4.84. The number of hydrogen-bond donors (Lipinski definition) is 2. The monoisotopic (exact) mass is 286 g/mol. The Labute approximate surface area is 126 Å². The third-order valence-corrected chi connectivity index (χ3v) is 3.39. The molecule has 112 valence electrons. The van der Waals surface area contributed by atoms with Crippen molar-refractivity contribution >= 4 is 0 Å². The average Bonchev–Trinajstić information content (AvgIpc) is 2.55. The zero-order valence-corrected chi connectivity index (χ0v) is 12.7. The Kier molecular flexibility index (Phi) is 5.60. The maximum atomic E-state index is 5.16. The summed E-state index contributed by atoms with van der Waals surface area (Å²) < 4.78 is 10.3. The molecule has 0 aliphatic rings. The second kappa shape index (κ2) is 7.67. The lowest BCUT2D eigenvalue weighted by Crippen LogP contribution is -2.33. The van der Waals surface area contributed by atoms with Crippen molar-refractivity contribution in [2.24, 2.45) is 0 Å². The molecular weight excluding hydrogens is 264 g/mol. The fourth-order valence-electron chi connectivity index (χ4n) is 2.03. The van der Waals surface area contributed by atoms with Crippen LogP contribution in [-0.4, -0.2) is 14.2 Å². The van der Waals surface area contributed by atoms with Gasteiger partial charge in [0.1, 0.15) is 11.5 Å². The summed E-state index contributed by atoms with van der Waals surface area (Å²) in [6.45, 7) is 2.87. The van der Waals surface area contributed by atoms with Crippen LogP contribution in [0.2, 0.25) is 0 Å². The van der Waals surface area contributed by atoms with Crippen LogP contribution in [0.5, 0.6) is 11.5 Å². The molecule has 0 heterocycles. The lowest BCUT2D eigenvalue weighted by Gasteiger charge is -2.16. The Morgan fingerprint density at radius 1 is 0.857 bits per heavy atom. The van der Waals surface area contributed by atoms with E-state index in [0.29, 0.717) is 0 Å². The summed E-state index contributed by atoms with van der Waals surface area (Å²) in [6, 6.07) is 16.3. The quantitative estimate of drug-likeness (QED) is 0.768. The third-order valence-electron chi connectivity index (χ3n) is 3.39. The molecule has 21 heavy (non-hydrogen) atoms. The largest absolute Gasteiger partial charge is 0.497 e. The number of hydrazine groups is 1. The van der Waals surface area contributed by atoms with Crippen LogP contribution in [0, 0.1) is 0 Å². The van der Waals surface area contributed by atoms with Gasteiger partial charge in [0, 0.05) is 12.6 Å². The van der Waals surface area contributed by atoms with E-state index in [9.17, 15) is 0 Å². The molecule has 0 bridgehead atoms. The highest BCUT2D eigenvalue weighted by molar-refractivity contribution is 5.29. The molecule has 0 saturated heterocycles. The first-order valence-electron chi connectivity index (χ1n) is 6.98. The second-order valence-electron chi connectivity index (χ2n) is 4.84. The standard InChI is InChI=1S/C17H22N2O2/c1-13(15-6-10-17(21-3)11-7-15)19-18-12-14-4-8-16(20-2)9-5-14/h4-11,13,18-19H,12H2,1-3H3. The van der Waals surface area contributed by atoms with Crippen molar-refractivity contribution in [3.8, 4) is 11.5 Å². The van der Waals surface area contributed by atoms with Gasteiger partial charge in [-0.05, 0) is 42.3 Å². The van der Waals surface area contributed by atoms with Crippen molar-refractivity contribution < 1.29 is 9.47 Å². The maximum Gasteiger partial charge on any atom is 0.118 e. The van der Waals surface area contributed by atoms with E-state index in [1.165, 1.54) is 11.1 Å². The minimum absolute atomic E-state index is 0.217. The predicted molar refractivity (Wildman–Crippen MR) is 84.4 cm³/mol.